The molecule has 0 heterocycles. The Morgan fingerprint density at radius 2 is 2.00 bits per heavy atom. The first-order chi connectivity index (χ1) is 9.22. The first kappa shape index (κ1) is 13.0. The zero-order chi connectivity index (χ0) is 13.7. The van der Waals surface area contributed by atoms with Crippen molar-refractivity contribution < 1.29 is 9.47 Å². The first-order valence-corrected chi connectivity index (χ1v) is 5.99. The van der Waals surface area contributed by atoms with E-state index in [9.17, 15) is 0 Å². The standard InChI is InChI=1S/C16H15NO2/c1-12-4-3-5-15(8-12)19-11-14-9-13(10-17)6-7-16(14)18-2/h3-9H,11H2,1-2H3. The van der Waals surface area contributed by atoms with E-state index in [2.05, 4.69) is 6.07 Å². The smallest absolute Gasteiger partial charge is 0.125 e. The lowest BCUT2D eigenvalue weighted by Crippen LogP contribution is -1.99. The van der Waals surface area contributed by atoms with Crippen LogP contribution in [0.3, 0.4) is 0 Å². The van der Waals surface area contributed by atoms with Crippen LogP contribution >= 0.6 is 0 Å². The van der Waals surface area contributed by atoms with E-state index in [1.165, 1.54) is 0 Å². The zero-order valence-corrected chi connectivity index (χ0v) is 11.0. The fourth-order valence-electron chi connectivity index (χ4n) is 1.83. The van der Waals surface area contributed by atoms with Gasteiger partial charge in [-0.05, 0) is 42.8 Å². The van der Waals surface area contributed by atoms with Gasteiger partial charge in [0, 0.05) is 5.56 Å². The predicted molar refractivity (Wildman–Crippen MR) is 73.2 cm³/mol. The number of ether oxygens (including phenoxy) is 2. The maximum absolute atomic E-state index is 8.92. The molecule has 0 spiro atoms. The third-order valence-corrected chi connectivity index (χ3v) is 2.79. The van der Waals surface area contributed by atoms with Crippen molar-refractivity contribution in [3.8, 4) is 17.6 Å². The summed E-state index contributed by atoms with van der Waals surface area (Å²) >= 11 is 0. The lowest BCUT2D eigenvalue weighted by molar-refractivity contribution is 0.296. The molecule has 3 heteroatoms. The minimum Gasteiger partial charge on any atom is -0.496 e. The third-order valence-electron chi connectivity index (χ3n) is 2.79. The number of aryl methyl sites for hydroxylation is 1. The molecule has 0 aliphatic heterocycles. The van der Waals surface area contributed by atoms with Crippen molar-refractivity contribution in [1.29, 1.82) is 5.26 Å². The SMILES string of the molecule is COc1ccc(C#N)cc1COc1cccc(C)c1. The molecule has 0 aliphatic carbocycles. The van der Waals surface area contributed by atoms with E-state index in [1.54, 1.807) is 25.3 Å². The topological polar surface area (TPSA) is 42.2 Å². The van der Waals surface area contributed by atoms with Gasteiger partial charge < -0.3 is 9.47 Å². The maximum Gasteiger partial charge on any atom is 0.125 e. The van der Waals surface area contributed by atoms with E-state index < -0.39 is 0 Å². The second-order valence-corrected chi connectivity index (χ2v) is 4.24. The molecule has 2 aromatic rings. The minimum atomic E-state index is 0.377. The van der Waals surface area contributed by atoms with Crippen LogP contribution in [0.4, 0.5) is 0 Å². The molecular weight excluding hydrogens is 238 g/mol. The van der Waals surface area contributed by atoms with E-state index in [0.717, 1.165) is 22.6 Å². The highest BCUT2D eigenvalue weighted by atomic mass is 16.5. The van der Waals surface area contributed by atoms with Gasteiger partial charge in [0.25, 0.3) is 0 Å². The van der Waals surface area contributed by atoms with Gasteiger partial charge in [-0.3, -0.25) is 0 Å². The summed E-state index contributed by atoms with van der Waals surface area (Å²) in [6, 6.07) is 15.3. The van der Waals surface area contributed by atoms with Gasteiger partial charge in [0.05, 0.1) is 18.7 Å². The number of methoxy groups -OCH3 is 1. The molecular formula is C16H15NO2. The molecule has 0 bridgehead atoms. The molecule has 96 valence electrons. The van der Waals surface area contributed by atoms with Gasteiger partial charge in [-0.25, -0.2) is 0 Å². The summed E-state index contributed by atoms with van der Waals surface area (Å²) < 4.78 is 11.0. The summed E-state index contributed by atoms with van der Waals surface area (Å²) in [5.74, 6) is 1.54. The Labute approximate surface area is 113 Å². The number of nitrogens with zero attached hydrogens (tertiary/aromatic N) is 1. The molecule has 3 nitrogen and oxygen atoms in total. The van der Waals surface area contributed by atoms with Crippen LogP contribution in [0.5, 0.6) is 11.5 Å². The van der Waals surface area contributed by atoms with Crippen LogP contribution in [0.2, 0.25) is 0 Å². The highest BCUT2D eigenvalue weighted by molar-refractivity contribution is 5.42. The fourth-order valence-corrected chi connectivity index (χ4v) is 1.83. The summed E-state index contributed by atoms with van der Waals surface area (Å²) in [5, 5.41) is 8.92. The predicted octanol–water partition coefficient (Wildman–Crippen LogP) is 3.45. The Morgan fingerprint density at radius 3 is 2.68 bits per heavy atom. The van der Waals surface area contributed by atoms with Crippen molar-refractivity contribution >= 4 is 0 Å². The molecule has 0 amide bonds. The van der Waals surface area contributed by atoms with Crippen LogP contribution in [-0.4, -0.2) is 7.11 Å². The van der Waals surface area contributed by atoms with E-state index >= 15 is 0 Å². The first-order valence-electron chi connectivity index (χ1n) is 5.99. The van der Waals surface area contributed by atoms with Crippen LogP contribution in [0.1, 0.15) is 16.7 Å². The molecule has 19 heavy (non-hydrogen) atoms. The Morgan fingerprint density at radius 1 is 1.16 bits per heavy atom. The van der Waals surface area contributed by atoms with Gasteiger partial charge in [0.15, 0.2) is 0 Å². The van der Waals surface area contributed by atoms with Crippen molar-refractivity contribution in [2.24, 2.45) is 0 Å². The van der Waals surface area contributed by atoms with Gasteiger partial charge in [0.2, 0.25) is 0 Å². The maximum atomic E-state index is 8.92. The molecule has 0 aliphatic rings. The van der Waals surface area contributed by atoms with Gasteiger partial charge in [-0.15, -0.1) is 0 Å². The number of hydrogen-bond donors (Lipinski definition) is 0. The molecule has 0 saturated carbocycles. The molecule has 0 atom stereocenters. The largest absolute Gasteiger partial charge is 0.496 e. The number of nitriles is 1. The lowest BCUT2D eigenvalue weighted by Gasteiger charge is -2.11. The Kier molecular flexibility index (Phi) is 4.04. The number of rotatable bonds is 4. The van der Waals surface area contributed by atoms with E-state index in [4.69, 9.17) is 14.7 Å². The third kappa shape index (κ3) is 3.26. The van der Waals surface area contributed by atoms with Crippen LogP contribution in [0.15, 0.2) is 42.5 Å². The lowest BCUT2D eigenvalue weighted by atomic mass is 10.1. The number of hydrogen-bond acceptors (Lipinski definition) is 3. The normalized spacial score (nSPS) is 9.74. The van der Waals surface area contributed by atoms with Crippen molar-refractivity contribution in [3.05, 3.63) is 59.2 Å². The van der Waals surface area contributed by atoms with Gasteiger partial charge in [-0.1, -0.05) is 12.1 Å². The van der Waals surface area contributed by atoms with Gasteiger partial charge in [0.1, 0.15) is 18.1 Å². The quantitative estimate of drug-likeness (QED) is 0.838. The summed E-state index contributed by atoms with van der Waals surface area (Å²) in [7, 11) is 1.61. The van der Waals surface area contributed by atoms with Gasteiger partial charge >= 0.3 is 0 Å². The Balaban J connectivity index is 2.16. The summed E-state index contributed by atoms with van der Waals surface area (Å²) in [6.07, 6.45) is 0. The molecule has 2 rings (SSSR count). The number of benzene rings is 2. The van der Waals surface area contributed by atoms with Crippen molar-refractivity contribution in [2.45, 2.75) is 13.5 Å². The molecule has 0 fully saturated rings. The molecule has 2 aromatic carbocycles. The fraction of sp³-hybridized carbons (Fsp3) is 0.188. The monoisotopic (exact) mass is 253 g/mol. The highest BCUT2D eigenvalue weighted by Crippen LogP contribution is 2.22. The Bertz CT molecular complexity index is 614. The van der Waals surface area contributed by atoms with Crippen LogP contribution in [-0.2, 0) is 6.61 Å². The summed E-state index contributed by atoms with van der Waals surface area (Å²) in [4.78, 5) is 0. The van der Waals surface area contributed by atoms with E-state index in [-0.39, 0.29) is 0 Å². The van der Waals surface area contributed by atoms with E-state index in [1.807, 2.05) is 31.2 Å². The van der Waals surface area contributed by atoms with E-state index in [0.29, 0.717) is 12.2 Å². The molecule has 0 aromatic heterocycles. The van der Waals surface area contributed by atoms with Crippen molar-refractivity contribution in [3.63, 3.8) is 0 Å². The average Bonchev–Trinajstić information content (AvgIpc) is 2.45. The highest BCUT2D eigenvalue weighted by Gasteiger charge is 2.05. The second-order valence-electron chi connectivity index (χ2n) is 4.24. The van der Waals surface area contributed by atoms with Crippen LogP contribution in [0, 0.1) is 18.3 Å². The molecule has 0 unspecified atom stereocenters. The zero-order valence-electron chi connectivity index (χ0n) is 11.0. The van der Waals surface area contributed by atoms with Crippen LogP contribution in [0.25, 0.3) is 0 Å². The Hall–Kier alpha value is -2.47. The average molecular weight is 253 g/mol. The van der Waals surface area contributed by atoms with Crippen molar-refractivity contribution in [1.82, 2.24) is 0 Å². The van der Waals surface area contributed by atoms with Crippen LogP contribution < -0.4 is 9.47 Å². The second kappa shape index (κ2) is 5.92. The van der Waals surface area contributed by atoms with Crippen molar-refractivity contribution in [2.75, 3.05) is 7.11 Å². The summed E-state index contributed by atoms with van der Waals surface area (Å²) in [6.45, 7) is 2.39. The molecule has 0 radical (unpaired) electrons. The summed E-state index contributed by atoms with van der Waals surface area (Å²) in [5.41, 5.74) is 2.61. The van der Waals surface area contributed by atoms with Gasteiger partial charge in [-0.2, -0.15) is 5.26 Å². The molecule has 0 saturated heterocycles. The minimum absolute atomic E-state index is 0.377. The molecule has 0 N–H and O–H groups in total.